The molecule has 14 heavy (non-hydrogen) atoms. The van der Waals surface area contributed by atoms with Gasteiger partial charge in [-0.05, 0) is 37.8 Å². The topological polar surface area (TPSA) is 26.0 Å². The molecule has 0 aromatic carbocycles. The molecule has 0 spiro atoms. The average Bonchev–Trinajstić information content (AvgIpc) is 2.56. The number of halogens is 1. The molecule has 0 radical (unpaired) electrons. The molecule has 1 aromatic rings. The Bertz CT molecular complexity index is 292. The number of thiophene rings is 1. The van der Waals surface area contributed by atoms with Crippen LogP contribution >= 0.6 is 34.7 Å². The monoisotopic (exact) mass is 247 g/mol. The lowest BCUT2D eigenvalue weighted by Gasteiger charge is -2.24. The third kappa shape index (κ3) is 2.89. The van der Waals surface area contributed by atoms with Gasteiger partial charge in [0.1, 0.15) is 0 Å². The van der Waals surface area contributed by atoms with E-state index in [-0.39, 0.29) is 0 Å². The van der Waals surface area contributed by atoms with Crippen LogP contribution < -0.4 is 5.73 Å². The molecule has 1 aliphatic rings. The lowest BCUT2D eigenvalue weighted by Crippen LogP contribution is -2.27. The molecule has 0 amide bonds. The van der Waals surface area contributed by atoms with Crippen molar-refractivity contribution < 1.29 is 0 Å². The largest absolute Gasteiger partial charge is 0.328 e. The van der Waals surface area contributed by atoms with E-state index in [1.807, 2.05) is 17.8 Å². The summed E-state index contributed by atoms with van der Waals surface area (Å²) in [7, 11) is 0. The molecular formula is C10H14ClNS2. The second-order valence-corrected chi connectivity index (χ2v) is 7.03. The molecule has 1 fully saturated rings. The van der Waals surface area contributed by atoms with E-state index in [1.165, 1.54) is 29.9 Å². The SMILES string of the molecule is NC1CCC(Sc2ccc(Cl)s2)CC1. The van der Waals surface area contributed by atoms with Crippen molar-refractivity contribution >= 4 is 34.7 Å². The van der Waals surface area contributed by atoms with Gasteiger partial charge >= 0.3 is 0 Å². The zero-order valence-electron chi connectivity index (χ0n) is 7.91. The Balaban J connectivity index is 1.86. The van der Waals surface area contributed by atoms with E-state index >= 15 is 0 Å². The van der Waals surface area contributed by atoms with Crippen molar-refractivity contribution in [1.82, 2.24) is 0 Å². The van der Waals surface area contributed by atoms with Gasteiger partial charge in [0.15, 0.2) is 0 Å². The lowest BCUT2D eigenvalue weighted by molar-refractivity contribution is 0.451. The van der Waals surface area contributed by atoms with Gasteiger partial charge in [-0.3, -0.25) is 0 Å². The molecule has 1 aromatic heterocycles. The van der Waals surface area contributed by atoms with Crippen LogP contribution in [0.3, 0.4) is 0 Å². The second-order valence-electron chi connectivity index (χ2n) is 3.71. The van der Waals surface area contributed by atoms with Gasteiger partial charge in [-0.15, -0.1) is 23.1 Å². The third-order valence-electron chi connectivity index (χ3n) is 2.55. The van der Waals surface area contributed by atoms with Crippen LogP contribution in [0.1, 0.15) is 25.7 Å². The third-order valence-corrected chi connectivity index (χ3v) is 5.29. The van der Waals surface area contributed by atoms with E-state index < -0.39 is 0 Å². The highest BCUT2D eigenvalue weighted by molar-refractivity contribution is 8.01. The maximum Gasteiger partial charge on any atom is 0.0940 e. The summed E-state index contributed by atoms with van der Waals surface area (Å²) in [6.45, 7) is 0. The maximum atomic E-state index is 5.89. The van der Waals surface area contributed by atoms with Crippen LogP contribution in [0, 0.1) is 0 Å². The molecule has 4 heteroatoms. The van der Waals surface area contributed by atoms with Gasteiger partial charge in [-0.25, -0.2) is 0 Å². The molecule has 0 aliphatic heterocycles. The predicted octanol–water partition coefficient (Wildman–Crippen LogP) is 3.76. The van der Waals surface area contributed by atoms with E-state index in [9.17, 15) is 0 Å². The first-order chi connectivity index (χ1) is 6.74. The maximum absolute atomic E-state index is 5.89. The minimum absolute atomic E-state index is 0.443. The Kier molecular flexibility index (Phi) is 3.77. The van der Waals surface area contributed by atoms with E-state index in [1.54, 1.807) is 11.3 Å². The smallest absolute Gasteiger partial charge is 0.0940 e. The number of nitrogens with two attached hydrogens (primary N) is 1. The van der Waals surface area contributed by atoms with Gasteiger partial charge in [0.2, 0.25) is 0 Å². The highest BCUT2D eigenvalue weighted by atomic mass is 35.5. The highest BCUT2D eigenvalue weighted by Gasteiger charge is 2.19. The van der Waals surface area contributed by atoms with Gasteiger partial charge in [-0.1, -0.05) is 11.6 Å². The summed E-state index contributed by atoms with van der Waals surface area (Å²) in [5, 5.41) is 0.754. The van der Waals surface area contributed by atoms with E-state index in [0.717, 1.165) is 9.59 Å². The molecule has 1 saturated carbocycles. The fourth-order valence-corrected chi connectivity index (χ4v) is 4.50. The minimum Gasteiger partial charge on any atom is -0.328 e. The average molecular weight is 248 g/mol. The van der Waals surface area contributed by atoms with Crippen LogP contribution in [0.15, 0.2) is 16.3 Å². The molecular weight excluding hydrogens is 234 g/mol. The first kappa shape index (κ1) is 10.8. The quantitative estimate of drug-likeness (QED) is 0.861. The Hall–Kier alpha value is 0.300. The van der Waals surface area contributed by atoms with Crippen molar-refractivity contribution in [2.45, 2.75) is 41.2 Å². The van der Waals surface area contributed by atoms with Crippen LogP contribution in [0.25, 0.3) is 0 Å². The molecule has 0 atom stereocenters. The number of hydrogen-bond acceptors (Lipinski definition) is 3. The van der Waals surface area contributed by atoms with Crippen LogP contribution in [0.5, 0.6) is 0 Å². The number of thioether (sulfide) groups is 1. The van der Waals surface area contributed by atoms with E-state index in [4.69, 9.17) is 17.3 Å². The molecule has 2 rings (SSSR count). The van der Waals surface area contributed by atoms with Crippen molar-refractivity contribution in [3.8, 4) is 0 Å². The summed E-state index contributed by atoms with van der Waals surface area (Å²) in [5.41, 5.74) is 5.87. The van der Waals surface area contributed by atoms with Crippen LogP contribution in [0.2, 0.25) is 4.34 Å². The zero-order valence-corrected chi connectivity index (χ0v) is 10.3. The molecule has 1 nitrogen and oxygen atoms in total. The molecule has 0 unspecified atom stereocenters. The van der Waals surface area contributed by atoms with Crippen LogP contribution in [0.4, 0.5) is 0 Å². The van der Waals surface area contributed by atoms with Crippen molar-refractivity contribution in [3.05, 3.63) is 16.5 Å². The molecule has 78 valence electrons. The van der Waals surface area contributed by atoms with Gasteiger partial charge in [0.05, 0.1) is 8.55 Å². The summed E-state index contributed by atoms with van der Waals surface area (Å²) in [6.07, 6.45) is 4.86. The van der Waals surface area contributed by atoms with Gasteiger partial charge in [0.25, 0.3) is 0 Å². The molecule has 1 heterocycles. The highest BCUT2D eigenvalue weighted by Crippen LogP contribution is 2.37. The number of rotatable bonds is 2. The van der Waals surface area contributed by atoms with Crippen molar-refractivity contribution in [2.24, 2.45) is 5.73 Å². The van der Waals surface area contributed by atoms with Crippen LogP contribution in [-0.2, 0) is 0 Å². The van der Waals surface area contributed by atoms with Gasteiger partial charge in [0, 0.05) is 11.3 Å². The van der Waals surface area contributed by atoms with Crippen LogP contribution in [-0.4, -0.2) is 11.3 Å². The van der Waals surface area contributed by atoms with Crippen molar-refractivity contribution in [2.75, 3.05) is 0 Å². The Morgan fingerprint density at radius 3 is 2.57 bits per heavy atom. The summed E-state index contributed by atoms with van der Waals surface area (Å²) in [6, 6.07) is 4.54. The fourth-order valence-electron chi connectivity index (χ4n) is 1.73. The normalized spacial score (nSPS) is 27.9. The first-order valence-corrected chi connectivity index (χ1v) is 6.99. The Morgan fingerprint density at radius 1 is 1.29 bits per heavy atom. The Morgan fingerprint density at radius 2 is 2.00 bits per heavy atom. The molecule has 0 saturated heterocycles. The van der Waals surface area contributed by atoms with Gasteiger partial charge in [-0.2, -0.15) is 0 Å². The van der Waals surface area contributed by atoms with Crippen molar-refractivity contribution in [3.63, 3.8) is 0 Å². The van der Waals surface area contributed by atoms with E-state index in [2.05, 4.69) is 6.07 Å². The standard InChI is InChI=1S/C10H14ClNS2/c11-9-5-6-10(14-9)13-8-3-1-7(12)2-4-8/h5-8H,1-4,12H2. The lowest BCUT2D eigenvalue weighted by atomic mass is 9.96. The first-order valence-electron chi connectivity index (χ1n) is 4.91. The molecule has 0 bridgehead atoms. The summed E-state index contributed by atoms with van der Waals surface area (Å²) >= 11 is 9.53. The predicted molar refractivity (Wildman–Crippen MR) is 65.4 cm³/mol. The molecule has 1 aliphatic carbocycles. The van der Waals surface area contributed by atoms with Gasteiger partial charge < -0.3 is 5.73 Å². The number of hydrogen-bond donors (Lipinski definition) is 1. The zero-order chi connectivity index (χ0) is 9.97. The Labute approximate surface area is 98.0 Å². The van der Waals surface area contributed by atoms with E-state index in [0.29, 0.717) is 6.04 Å². The fraction of sp³-hybridized carbons (Fsp3) is 0.600. The summed E-state index contributed by atoms with van der Waals surface area (Å²) in [4.78, 5) is 0. The minimum atomic E-state index is 0.443. The van der Waals surface area contributed by atoms with Crippen molar-refractivity contribution in [1.29, 1.82) is 0 Å². The molecule has 2 N–H and O–H groups in total. The second kappa shape index (κ2) is 4.88. The summed E-state index contributed by atoms with van der Waals surface area (Å²) < 4.78 is 2.23. The summed E-state index contributed by atoms with van der Waals surface area (Å²) in [5.74, 6) is 0.